The van der Waals surface area contributed by atoms with Gasteiger partial charge in [0.05, 0.1) is 10.7 Å². The first-order valence-electron chi connectivity index (χ1n) is 3.99. The van der Waals surface area contributed by atoms with E-state index in [1.54, 1.807) is 13.8 Å². The van der Waals surface area contributed by atoms with Gasteiger partial charge in [-0.25, -0.2) is 8.78 Å². The van der Waals surface area contributed by atoms with Gasteiger partial charge in [-0.2, -0.15) is 0 Å². The van der Waals surface area contributed by atoms with E-state index in [1.165, 1.54) is 0 Å². The molecule has 1 aromatic rings. The zero-order valence-electron chi connectivity index (χ0n) is 7.67. The molecule has 0 radical (unpaired) electrons. The maximum absolute atomic E-state index is 13.1. The fourth-order valence-electron chi connectivity index (χ4n) is 1.23. The van der Waals surface area contributed by atoms with Gasteiger partial charge in [0.1, 0.15) is 5.02 Å². The maximum Gasteiger partial charge on any atom is 0.181 e. The lowest BCUT2D eigenvalue weighted by Crippen LogP contribution is -2.03. The highest BCUT2D eigenvalue weighted by Gasteiger charge is 2.22. The fraction of sp³-hybridized carbons (Fsp3) is 0.333. The van der Waals surface area contributed by atoms with E-state index < -0.39 is 16.7 Å². The van der Waals surface area contributed by atoms with E-state index in [0.717, 1.165) is 0 Å². The first-order valence-corrected chi connectivity index (χ1v) is 4.74. The van der Waals surface area contributed by atoms with Crippen molar-refractivity contribution < 1.29 is 8.78 Å². The fourth-order valence-corrected chi connectivity index (χ4v) is 1.82. The first kappa shape index (κ1) is 11.5. The van der Waals surface area contributed by atoms with Gasteiger partial charge < -0.3 is 5.73 Å². The molecule has 0 atom stereocenters. The van der Waals surface area contributed by atoms with E-state index in [2.05, 4.69) is 0 Å². The first-order chi connectivity index (χ1) is 6.37. The van der Waals surface area contributed by atoms with Crippen LogP contribution in [0.25, 0.3) is 0 Å². The zero-order valence-corrected chi connectivity index (χ0v) is 9.18. The Bertz CT molecular complexity index is 349. The van der Waals surface area contributed by atoms with E-state index in [4.69, 9.17) is 28.9 Å². The summed E-state index contributed by atoms with van der Waals surface area (Å²) in [5.41, 5.74) is 5.88. The lowest BCUT2D eigenvalue weighted by atomic mass is 10.0. The summed E-state index contributed by atoms with van der Waals surface area (Å²) in [6, 6.07) is 0. The molecule has 14 heavy (non-hydrogen) atoms. The molecule has 0 heterocycles. The SMILES string of the molecule is CC(C)c1c(N)c(Cl)c(F)c(F)c1Cl. The van der Waals surface area contributed by atoms with E-state index in [-0.39, 0.29) is 16.6 Å². The van der Waals surface area contributed by atoms with E-state index >= 15 is 0 Å². The number of nitrogen functional groups attached to an aromatic ring is 1. The number of anilines is 1. The highest BCUT2D eigenvalue weighted by molar-refractivity contribution is 6.36. The highest BCUT2D eigenvalue weighted by atomic mass is 35.5. The minimum Gasteiger partial charge on any atom is -0.397 e. The third kappa shape index (κ3) is 1.66. The molecule has 5 heteroatoms. The van der Waals surface area contributed by atoms with Crippen LogP contribution in [0, 0.1) is 11.6 Å². The maximum atomic E-state index is 13.1. The molecule has 0 aromatic heterocycles. The van der Waals surface area contributed by atoms with Gasteiger partial charge in [-0.15, -0.1) is 0 Å². The van der Waals surface area contributed by atoms with Gasteiger partial charge in [0.25, 0.3) is 0 Å². The molecule has 1 nitrogen and oxygen atoms in total. The molecule has 0 fully saturated rings. The summed E-state index contributed by atoms with van der Waals surface area (Å²) in [5.74, 6) is -2.46. The van der Waals surface area contributed by atoms with Crippen molar-refractivity contribution in [3.8, 4) is 0 Å². The quantitative estimate of drug-likeness (QED) is 0.448. The molecule has 0 unspecified atom stereocenters. The Kier molecular flexibility index (Phi) is 3.22. The molecule has 1 aromatic carbocycles. The normalized spacial score (nSPS) is 11.1. The van der Waals surface area contributed by atoms with Crippen molar-refractivity contribution in [3.05, 3.63) is 27.2 Å². The van der Waals surface area contributed by atoms with E-state index in [1.807, 2.05) is 0 Å². The summed E-state index contributed by atoms with van der Waals surface area (Å²) in [7, 11) is 0. The molecule has 0 aliphatic rings. The van der Waals surface area contributed by atoms with E-state index in [9.17, 15) is 8.78 Å². The molecule has 0 aliphatic heterocycles. The van der Waals surface area contributed by atoms with Crippen molar-refractivity contribution in [1.29, 1.82) is 0 Å². The van der Waals surface area contributed by atoms with Gasteiger partial charge in [0, 0.05) is 5.56 Å². The monoisotopic (exact) mass is 239 g/mol. The molecular formula is C9H9Cl2F2N. The van der Waals surface area contributed by atoms with Crippen molar-refractivity contribution in [1.82, 2.24) is 0 Å². The largest absolute Gasteiger partial charge is 0.397 e. The van der Waals surface area contributed by atoms with Crippen LogP contribution in [0.2, 0.25) is 10.0 Å². The molecule has 0 amide bonds. The lowest BCUT2D eigenvalue weighted by molar-refractivity contribution is 0.507. The van der Waals surface area contributed by atoms with Crippen LogP contribution in [-0.4, -0.2) is 0 Å². The van der Waals surface area contributed by atoms with Gasteiger partial charge in [-0.1, -0.05) is 37.0 Å². The third-order valence-electron chi connectivity index (χ3n) is 1.92. The summed E-state index contributed by atoms with van der Waals surface area (Å²) in [5, 5.41) is -0.699. The second-order valence-electron chi connectivity index (χ2n) is 3.24. The molecule has 1 rings (SSSR count). The van der Waals surface area contributed by atoms with Crippen molar-refractivity contribution in [2.75, 3.05) is 5.73 Å². The van der Waals surface area contributed by atoms with Crippen LogP contribution in [0.3, 0.4) is 0 Å². The van der Waals surface area contributed by atoms with E-state index in [0.29, 0.717) is 5.56 Å². The Balaban J connectivity index is 3.60. The molecular weight excluding hydrogens is 231 g/mol. The molecule has 0 bridgehead atoms. The highest BCUT2D eigenvalue weighted by Crippen LogP contribution is 2.38. The Morgan fingerprint density at radius 3 is 1.93 bits per heavy atom. The van der Waals surface area contributed by atoms with Crippen molar-refractivity contribution in [2.45, 2.75) is 19.8 Å². The van der Waals surface area contributed by atoms with Crippen LogP contribution >= 0.6 is 23.2 Å². The lowest BCUT2D eigenvalue weighted by Gasteiger charge is -2.14. The molecule has 2 N–H and O–H groups in total. The van der Waals surface area contributed by atoms with Crippen molar-refractivity contribution in [3.63, 3.8) is 0 Å². The van der Waals surface area contributed by atoms with Gasteiger partial charge in [-0.3, -0.25) is 0 Å². The number of hydrogen-bond acceptors (Lipinski definition) is 1. The van der Waals surface area contributed by atoms with Crippen LogP contribution in [0.4, 0.5) is 14.5 Å². The van der Waals surface area contributed by atoms with Crippen LogP contribution in [0.1, 0.15) is 25.3 Å². The summed E-state index contributed by atoms with van der Waals surface area (Å²) in [6.45, 7) is 3.54. The third-order valence-corrected chi connectivity index (χ3v) is 2.66. The Hall–Kier alpha value is -0.540. The van der Waals surface area contributed by atoms with Crippen LogP contribution in [0.5, 0.6) is 0 Å². The molecule has 0 spiro atoms. The molecule has 0 aliphatic carbocycles. The minimum absolute atomic E-state index is 0.00515. The molecule has 78 valence electrons. The Morgan fingerprint density at radius 2 is 1.50 bits per heavy atom. The predicted octanol–water partition coefficient (Wildman–Crippen LogP) is 3.98. The summed E-state index contributed by atoms with van der Waals surface area (Å²) in [6.07, 6.45) is 0. The molecule has 0 saturated heterocycles. The van der Waals surface area contributed by atoms with Gasteiger partial charge in [0.15, 0.2) is 11.6 Å². The Labute approximate surface area is 90.8 Å². The number of benzene rings is 1. The van der Waals surface area contributed by atoms with Crippen LogP contribution < -0.4 is 5.73 Å². The number of rotatable bonds is 1. The smallest absolute Gasteiger partial charge is 0.181 e. The number of hydrogen-bond donors (Lipinski definition) is 1. The average molecular weight is 240 g/mol. The molecule has 0 saturated carbocycles. The van der Waals surface area contributed by atoms with Crippen molar-refractivity contribution in [2.24, 2.45) is 0 Å². The summed E-state index contributed by atoms with van der Waals surface area (Å²) >= 11 is 11.1. The van der Waals surface area contributed by atoms with Crippen molar-refractivity contribution >= 4 is 28.9 Å². The number of halogens is 4. The number of nitrogens with two attached hydrogens (primary N) is 1. The second kappa shape index (κ2) is 3.91. The minimum atomic E-state index is -1.20. The summed E-state index contributed by atoms with van der Waals surface area (Å²) < 4.78 is 26.2. The predicted molar refractivity (Wildman–Crippen MR) is 54.9 cm³/mol. The second-order valence-corrected chi connectivity index (χ2v) is 3.99. The van der Waals surface area contributed by atoms with Gasteiger partial charge >= 0.3 is 0 Å². The zero-order chi connectivity index (χ0) is 11.0. The topological polar surface area (TPSA) is 26.0 Å². The van der Waals surface area contributed by atoms with Gasteiger partial charge in [0.2, 0.25) is 0 Å². The van der Waals surface area contributed by atoms with Crippen LogP contribution in [-0.2, 0) is 0 Å². The standard InChI is InChI=1S/C9H9Cl2F2N/c1-3(2)4-5(10)7(12)8(13)6(11)9(4)14/h3H,14H2,1-2H3. The average Bonchev–Trinajstić information content (AvgIpc) is 2.11. The van der Waals surface area contributed by atoms with Gasteiger partial charge in [-0.05, 0) is 5.92 Å². The van der Waals surface area contributed by atoms with Crippen LogP contribution in [0.15, 0.2) is 0 Å². The summed E-state index contributed by atoms with van der Waals surface area (Å²) in [4.78, 5) is 0. The Morgan fingerprint density at radius 1 is 1.07 bits per heavy atom.